The third-order valence-electron chi connectivity index (χ3n) is 4.96. The van der Waals surface area contributed by atoms with Gasteiger partial charge in [0.15, 0.2) is 0 Å². The number of methoxy groups -OCH3 is 1. The molecule has 0 amide bonds. The van der Waals surface area contributed by atoms with Crippen molar-refractivity contribution in [2.24, 2.45) is 5.73 Å². The molecule has 1 aromatic heterocycles. The van der Waals surface area contributed by atoms with Gasteiger partial charge in [-0.1, -0.05) is 12.1 Å². The maximum absolute atomic E-state index is 6.47. The summed E-state index contributed by atoms with van der Waals surface area (Å²) < 4.78 is 5.25. The molecule has 1 aliphatic rings. The van der Waals surface area contributed by atoms with Crippen LogP contribution in [0.1, 0.15) is 22.7 Å². The van der Waals surface area contributed by atoms with Gasteiger partial charge < -0.3 is 20.3 Å². The van der Waals surface area contributed by atoms with Crippen molar-refractivity contribution in [3.8, 4) is 5.75 Å². The summed E-state index contributed by atoms with van der Waals surface area (Å²) in [6.45, 7) is 5.76. The van der Waals surface area contributed by atoms with E-state index in [4.69, 9.17) is 15.5 Å². The maximum atomic E-state index is 6.47. The Hall–Kier alpha value is -2.34. The smallest absolute Gasteiger partial charge is 0.227 e. The molecule has 0 saturated carbocycles. The molecular formula is C19H27N5O. The van der Waals surface area contributed by atoms with Crippen molar-refractivity contribution in [2.45, 2.75) is 25.8 Å². The Morgan fingerprint density at radius 2 is 1.80 bits per heavy atom. The first-order valence-corrected chi connectivity index (χ1v) is 8.57. The molecule has 1 saturated heterocycles. The highest BCUT2D eigenvalue weighted by Crippen LogP contribution is 2.32. The van der Waals surface area contributed by atoms with Gasteiger partial charge in [-0.3, -0.25) is 0 Å². The van der Waals surface area contributed by atoms with Crippen molar-refractivity contribution in [2.75, 3.05) is 44.1 Å². The van der Waals surface area contributed by atoms with E-state index in [0.717, 1.165) is 41.9 Å². The summed E-state index contributed by atoms with van der Waals surface area (Å²) >= 11 is 0. The van der Waals surface area contributed by atoms with Crippen LogP contribution in [0.5, 0.6) is 5.75 Å². The van der Waals surface area contributed by atoms with Crippen molar-refractivity contribution >= 4 is 11.8 Å². The van der Waals surface area contributed by atoms with E-state index in [1.165, 1.54) is 5.56 Å². The van der Waals surface area contributed by atoms with Crippen LogP contribution in [0.2, 0.25) is 0 Å². The molecule has 0 radical (unpaired) electrons. The molecule has 2 aromatic rings. The zero-order valence-electron chi connectivity index (χ0n) is 15.7. The van der Waals surface area contributed by atoms with Gasteiger partial charge in [-0.25, -0.2) is 4.98 Å². The van der Waals surface area contributed by atoms with Crippen molar-refractivity contribution < 1.29 is 4.74 Å². The first kappa shape index (κ1) is 17.5. The lowest BCUT2D eigenvalue weighted by molar-refractivity contribution is 0.414. The summed E-state index contributed by atoms with van der Waals surface area (Å²) in [7, 11) is 5.61. The largest absolute Gasteiger partial charge is 0.497 e. The van der Waals surface area contributed by atoms with Crippen molar-refractivity contribution in [3.63, 3.8) is 0 Å². The highest BCUT2D eigenvalue weighted by Gasteiger charge is 2.33. The van der Waals surface area contributed by atoms with Crippen LogP contribution < -0.4 is 20.3 Å². The molecule has 1 aromatic carbocycles. The predicted molar refractivity (Wildman–Crippen MR) is 102 cm³/mol. The highest BCUT2D eigenvalue weighted by atomic mass is 16.5. The summed E-state index contributed by atoms with van der Waals surface area (Å²) in [6.07, 6.45) is 0. The van der Waals surface area contributed by atoms with Gasteiger partial charge in [-0.05, 0) is 31.5 Å². The van der Waals surface area contributed by atoms with E-state index >= 15 is 0 Å². The second-order valence-corrected chi connectivity index (χ2v) is 6.90. The molecule has 0 unspecified atom stereocenters. The highest BCUT2D eigenvalue weighted by molar-refractivity contribution is 5.54. The minimum Gasteiger partial charge on any atom is -0.497 e. The molecule has 1 aliphatic heterocycles. The number of ether oxygens (including phenoxy) is 1. The molecule has 6 heteroatoms. The maximum Gasteiger partial charge on any atom is 0.227 e. The van der Waals surface area contributed by atoms with E-state index in [1.54, 1.807) is 7.11 Å². The molecule has 0 spiro atoms. The summed E-state index contributed by atoms with van der Waals surface area (Å²) in [5.41, 5.74) is 9.84. The summed E-state index contributed by atoms with van der Waals surface area (Å²) in [6, 6.07) is 8.28. The molecule has 134 valence electrons. The molecule has 2 atom stereocenters. The number of hydrogen-bond donors (Lipinski definition) is 1. The average molecular weight is 341 g/mol. The molecule has 25 heavy (non-hydrogen) atoms. The number of nitrogens with zero attached hydrogens (tertiary/aromatic N) is 4. The second-order valence-electron chi connectivity index (χ2n) is 6.90. The Morgan fingerprint density at radius 3 is 2.40 bits per heavy atom. The normalized spacial score (nSPS) is 20.0. The lowest BCUT2D eigenvalue weighted by atomic mass is 9.95. The topological polar surface area (TPSA) is 67.5 Å². The van der Waals surface area contributed by atoms with Crippen LogP contribution in [0.4, 0.5) is 11.8 Å². The van der Waals surface area contributed by atoms with Gasteiger partial charge in [-0.15, -0.1) is 0 Å². The summed E-state index contributed by atoms with van der Waals surface area (Å²) in [5.74, 6) is 2.87. The first-order valence-electron chi connectivity index (χ1n) is 8.57. The predicted octanol–water partition coefficient (Wildman–Crippen LogP) is 2.10. The Labute approximate surface area is 149 Å². The van der Waals surface area contributed by atoms with Crippen LogP contribution in [-0.4, -0.2) is 50.3 Å². The minimum absolute atomic E-state index is 0.0749. The Kier molecular flexibility index (Phi) is 4.81. The third kappa shape index (κ3) is 3.39. The van der Waals surface area contributed by atoms with Crippen LogP contribution in [0.3, 0.4) is 0 Å². The Morgan fingerprint density at radius 1 is 1.12 bits per heavy atom. The monoisotopic (exact) mass is 341 g/mol. The van der Waals surface area contributed by atoms with Gasteiger partial charge in [0, 0.05) is 50.4 Å². The fourth-order valence-corrected chi connectivity index (χ4v) is 3.31. The number of benzene rings is 1. The molecule has 0 aliphatic carbocycles. The van der Waals surface area contributed by atoms with Crippen molar-refractivity contribution in [1.82, 2.24) is 9.97 Å². The SMILES string of the molecule is COc1ccc([C@H]2CN(c3nc(N(C)C)nc(C)c3C)C[C@@H]2N)cc1. The summed E-state index contributed by atoms with van der Waals surface area (Å²) in [4.78, 5) is 13.6. The van der Waals surface area contributed by atoms with Crippen LogP contribution in [0.15, 0.2) is 24.3 Å². The van der Waals surface area contributed by atoms with Crippen LogP contribution in [0.25, 0.3) is 0 Å². The van der Waals surface area contributed by atoms with Gasteiger partial charge in [0.1, 0.15) is 11.6 Å². The van der Waals surface area contributed by atoms with E-state index in [2.05, 4.69) is 28.9 Å². The van der Waals surface area contributed by atoms with E-state index < -0.39 is 0 Å². The third-order valence-corrected chi connectivity index (χ3v) is 4.96. The average Bonchev–Trinajstić information content (AvgIpc) is 2.98. The van der Waals surface area contributed by atoms with Crippen LogP contribution in [0, 0.1) is 13.8 Å². The standard InChI is InChI=1S/C19H27N5O/c1-12-13(2)21-19(23(3)4)22-18(12)24-10-16(17(20)11-24)14-6-8-15(25-5)9-7-14/h6-9,16-17H,10-11,20H2,1-5H3/t16-,17+/m1/s1. The Bertz CT molecular complexity index is 744. The summed E-state index contributed by atoms with van der Waals surface area (Å²) in [5, 5.41) is 0. The number of aromatic nitrogens is 2. The second kappa shape index (κ2) is 6.88. The fourth-order valence-electron chi connectivity index (χ4n) is 3.31. The van der Waals surface area contributed by atoms with Crippen molar-refractivity contribution in [1.29, 1.82) is 0 Å². The molecule has 2 heterocycles. The molecule has 6 nitrogen and oxygen atoms in total. The molecule has 3 rings (SSSR count). The van der Waals surface area contributed by atoms with Crippen molar-refractivity contribution in [3.05, 3.63) is 41.1 Å². The molecular weight excluding hydrogens is 314 g/mol. The lowest BCUT2D eigenvalue weighted by Gasteiger charge is -2.22. The zero-order valence-corrected chi connectivity index (χ0v) is 15.7. The molecule has 1 fully saturated rings. The number of hydrogen-bond acceptors (Lipinski definition) is 6. The molecule has 2 N–H and O–H groups in total. The zero-order chi connectivity index (χ0) is 18.1. The van der Waals surface area contributed by atoms with Crippen LogP contribution in [-0.2, 0) is 0 Å². The Balaban J connectivity index is 1.88. The number of aryl methyl sites for hydroxylation is 1. The van der Waals surface area contributed by atoms with Crippen LogP contribution >= 0.6 is 0 Å². The van der Waals surface area contributed by atoms with Gasteiger partial charge in [0.05, 0.1) is 7.11 Å². The van der Waals surface area contributed by atoms with E-state index in [-0.39, 0.29) is 12.0 Å². The lowest BCUT2D eigenvalue weighted by Crippen LogP contribution is -2.29. The number of rotatable bonds is 4. The number of nitrogens with two attached hydrogens (primary N) is 1. The first-order chi connectivity index (χ1) is 11.9. The quantitative estimate of drug-likeness (QED) is 0.918. The minimum atomic E-state index is 0.0749. The van der Waals surface area contributed by atoms with Gasteiger partial charge in [-0.2, -0.15) is 4.98 Å². The molecule has 0 bridgehead atoms. The van der Waals surface area contributed by atoms with E-state index in [1.807, 2.05) is 38.1 Å². The van der Waals surface area contributed by atoms with Gasteiger partial charge >= 0.3 is 0 Å². The fraction of sp³-hybridized carbons (Fsp3) is 0.474. The van der Waals surface area contributed by atoms with Gasteiger partial charge in [0.2, 0.25) is 5.95 Å². The van der Waals surface area contributed by atoms with E-state index in [0.29, 0.717) is 0 Å². The van der Waals surface area contributed by atoms with Gasteiger partial charge in [0.25, 0.3) is 0 Å². The van der Waals surface area contributed by atoms with E-state index in [9.17, 15) is 0 Å². The number of anilines is 2.